The average molecular weight is 538 g/mol. The Morgan fingerprint density at radius 2 is 1.95 bits per heavy atom. The van der Waals surface area contributed by atoms with Crippen molar-refractivity contribution in [1.82, 2.24) is 14.6 Å². The van der Waals surface area contributed by atoms with Crippen LogP contribution in [0, 0.1) is 11.3 Å². The molecule has 0 bridgehead atoms. The Kier molecular flexibility index (Phi) is 11.7. The van der Waals surface area contributed by atoms with Gasteiger partial charge < -0.3 is 19.1 Å². The SMILES string of the molecule is CCCOC(=O)[C@H](C)NP(=O)(OC[C@@H](O[C@H](CC#N)n1ccc(=O)[nH]c1=O)C(C)O)Oc1ccccc1. The molecule has 0 radical (unpaired) electrons. The van der Waals surface area contributed by atoms with Crippen LogP contribution in [0.5, 0.6) is 5.75 Å². The van der Waals surface area contributed by atoms with E-state index in [1.54, 1.807) is 18.2 Å². The first kappa shape index (κ1) is 30.0. The lowest BCUT2D eigenvalue weighted by atomic mass is 10.2. The summed E-state index contributed by atoms with van der Waals surface area (Å²) in [4.78, 5) is 37.9. The van der Waals surface area contributed by atoms with Crippen molar-refractivity contribution >= 4 is 13.7 Å². The van der Waals surface area contributed by atoms with Gasteiger partial charge in [0.1, 0.15) is 17.9 Å². The molecule has 0 spiro atoms. The molecule has 0 aliphatic heterocycles. The zero-order valence-electron chi connectivity index (χ0n) is 20.7. The second-order valence-corrected chi connectivity index (χ2v) is 9.66. The zero-order chi connectivity index (χ0) is 27.4. The van der Waals surface area contributed by atoms with Gasteiger partial charge in [0.2, 0.25) is 0 Å². The van der Waals surface area contributed by atoms with Crippen LogP contribution in [0.25, 0.3) is 0 Å². The average Bonchev–Trinajstić information content (AvgIpc) is 2.85. The number of carbonyl (C=O) groups is 1. The summed E-state index contributed by atoms with van der Waals surface area (Å²) in [7, 11) is -4.25. The zero-order valence-corrected chi connectivity index (χ0v) is 21.6. The molecule has 0 fully saturated rings. The number of ether oxygens (including phenoxy) is 2. The van der Waals surface area contributed by atoms with E-state index in [9.17, 15) is 29.3 Å². The molecular formula is C23H31N4O9P. The second kappa shape index (κ2) is 14.5. The highest BCUT2D eigenvalue weighted by Gasteiger charge is 2.34. The molecule has 0 aliphatic rings. The van der Waals surface area contributed by atoms with Gasteiger partial charge in [0.05, 0.1) is 31.8 Å². The number of aromatic amines is 1. The lowest BCUT2D eigenvalue weighted by Crippen LogP contribution is -2.39. The number of nitrogens with one attached hydrogen (secondary N) is 2. The second-order valence-electron chi connectivity index (χ2n) is 7.97. The Balaban J connectivity index is 2.25. The van der Waals surface area contributed by atoms with Gasteiger partial charge in [-0.1, -0.05) is 25.1 Å². The Morgan fingerprint density at radius 1 is 1.24 bits per heavy atom. The quantitative estimate of drug-likeness (QED) is 0.222. The highest BCUT2D eigenvalue weighted by atomic mass is 31.2. The van der Waals surface area contributed by atoms with E-state index in [1.807, 2.05) is 13.0 Å². The molecular weight excluding hydrogens is 507 g/mol. The molecule has 5 atom stereocenters. The van der Waals surface area contributed by atoms with Gasteiger partial charge in [-0.25, -0.2) is 9.36 Å². The Bertz CT molecular complexity index is 1210. The summed E-state index contributed by atoms with van der Waals surface area (Å²) in [5.74, 6) is -0.485. The summed E-state index contributed by atoms with van der Waals surface area (Å²) in [6, 6.07) is 9.96. The maximum absolute atomic E-state index is 13.6. The highest BCUT2D eigenvalue weighted by Crippen LogP contribution is 2.45. The molecule has 37 heavy (non-hydrogen) atoms. The van der Waals surface area contributed by atoms with Gasteiger partial charge in [-0.05, 0) is 32.4 Å². The van der Waals surface area contributed by atoms with E-state index in [0.29, 0.717) is 6.42 Å². The number of para-hydroxylation sites is 1. The number of H-pyrrole nitrogens is 1. The fourth-order valence-corrected chi connectivity index (χ4v) is 4.44. The lowest BCUT2D eigenvalue weighted by Gasteiger charge is -2.28. The standard InChI is InChI=1S/C23H31N4O9P/c1-4-14-33-22(30)16(2)26-37(32,36-18-8-6-5-7-9-18)34-15-19(17(3)28)35-21(10-12-24)27-13-11-20(29)25-23(27)31/h5-9,11,13,16-17,19,21,28H,4,10,14-15H2,1-3H3,(H,26,32)(H,25,29,31)/t16-,17?,19+,21+,37?/m0/s1. The van der Waals surface area contributed by atoms with Gasteiger partial charge >= 0.3 is 19.4 Å². The van der Waals surface area contributed by atoms with Gasteiger partial charge in [-0.2, -0.15) is 10.3 Å². The number of hydrogen-bond acceptors (Lipinski definition) is 10. The number of rotatable bonds is 15. The van der Waals surface area contributed by atoms with Crippen molar-refractivity contribution in [1.29, 1.82) is 5.26 Å². The Labute approximate surface area is 213 Å². The molecule has 14 heteroatoms. The van der Waals surface area contributed by atoms with Gasteiger partial charge in [-0.3, -0.25) is 23.7 Å². The van der Waals surface area contributed by atoms with E-state index in [4.69, 9.17) is 18.5 Å². The number of esters is 1. The van der Waals surface area contributed by atoms with Crippen molar-refractivity contribution < 1.29 is 33.0 Å². The molecule has 0 amide bonds. The van der Waals surface area contributed by atoms with E-state index in [-0.39, 0.29) is 18.8 Å². The minimum atomic E-state index is -4.25. The van der Waals surface area contributed by atoms with Crippen molar-refractivity contribution in [2.24, 2.45) is 0 Å². The van der Waals surface area contributed by atoms with Gasteiger partial charge in [0.15, 0.2) is 6.23 Å². The number of aliphatic hydroxyl groups is 1. The topological polar surface area (TPSA) is 182 Å². The first-order chi connectivity index (χ1) is 17.6. The van der Waals surface area contributed by atoms with Crippen LogP contribution in [0.15, 0.2) is 52.2 Å². The third kappa shape index (κ3) is 9.60. The molecule has 2 rings (SSSR count). The van der Waals surface area contributed by atoms with E-state index < -0.39 is 56.0 Å². The van der Waals surface area contributed by atoms with E-state index in [1.165, 1.54) is 26.0 Å². The molecule has 0 saturated heterocycles. The van der Waals surface area contributed by atoms with Crippen LogP contribution in [-0.4, -0.2) is 52.1 Å². The summed E-state index contributed by atoms with van der Waals surface area (Å²) in [5.41, 5.74) is -1.46. The first-order valence-corrected chi connectivity index (χ1v) is 13.1. The number of carbonyl (C=O) groups excluding carboxylic acids is 1. The van der Waals surface area contributed by atoms with Crippen LogP contribution in [0.2, 0.25) is 0 Å². The summed E-state index contributed by atoms with van der Waals surface area (Å²) < 4.78 is 36.5. The van der Waals surface area contributed by atoms with E-state index in [2.05, 4.69) is 10.1 Å². The molecule has 0 saturated carbocycles. The number of nitriles is 1. The van der Waals surface area contributed by atoms with Gasteiger partial charge in [0, 0.05) is 12.3 Å². The van der Waals surface area contributed by atoms with Crippen molar-refractivity contribution in [2.75, 3.05) is 13.2 Å². The molecule has 1 aromatic carbocycles. The fraction of sp³-hybridized carbons (Fsp3) is 0.478. The van der Waals surface area contributed by atoms with Crippen molar-refractivity contribution in [2.45, 2.75) is 58.1 Å². The Hall–Kier alpha value is -3.27. The smallest absolute Gasteiger partial charge is 0.459 e. The molecule has 3 N–H and O–H groups in total. The Morgan fingerprint density at radius 3 is 2.54 bits per heavy atom. The largest absolute Gasteiger partial charge is 0.465 e. The molecule has 0 aliphatic carbocycles. The minimum Gasteiger partial charge on any atom is -0.465 e. The predicted octanol–water partition coefficient (Wildman–Crippen LogP) is 1.85. The summed E-state index contributed by atoms with van der Waals surface area (Å²) in [6.45, 7) is 4.28. The fourth-order valence-electron chi connectivity index (χ4n) is 2.94. The number of aromatic nitrogens is 2. The third-order valence-corrected chi connectivity index (χ3v) is 6.47. The van der Waals surface area contributed by atoms with Gasteiger partial charge in [0.25, 0.3) is 5.56 Å². The van der Waals surface area contributed by atoms with Gasteiger partial charge in [-0.15, -0.1) is 0 Å². The number of nitrogens with zero attached hydrogens (tertiary/aromatic N) is 2. The lowest BCUT2D eigenvalue weighted by molar-refractivity contribution is -0.145. The van der Waals surface area contributed by atoms with Crippen LogP contribution in [0.4, 0.5) is 0 Å². The van der Waals surface area contributed by atoms with Crippen molar-refractivity contribution in [3.05, 3.63) is 63.4 Å². The van der Waals surface area contributed by atoms with Crippen molar-refractivity contribution in [3.63, 3.8) is 0 Å². The predicted molar refractivity (Wildman–Crippen MR) is 132 cm³/mol. The van der Waals surface area contributed by atoms with Crippen LogP contribution < -0.4 is 20.9 Å². The third-order valence-electron chi connectivity index (χ3n) is 4.83. The molecule has 2 unspecified atom stereocenters. The van der Waals surface area contributed by atoms with Crippen LogP contribution >= 0.6 is 7.75 Å². The molecule has 2 aromatic rings. The maximum Gasteiger partial charge on any atom is 0.459 e. The molecule has 13 nitrogen and oxygen atoms in total. The molecule has 1 heterocycles. The highest BCUT2D eigenvalue weighted by molar-refractivity contribution is 7.52. The summed E-state index contributed by atoms with van der Waals surface area (Å²) in [6.07, 6.45) is -2.18. The number of hydrogen-bond donors (Lipinski definition) is 3. The van der Waals surface area contributed by atoms with E-state index >= 15 is 0 Å². The first-order valence-electron chi connectivity index (χ1n) is 11.5. The van der Waals surface area contributed by atoms with Crippen LogP contribution in [0.3, 0.4) is 0 Å². The van der Waals surface area contributed by atoms with Crippen LogP contribution in [-0.2, 0) is 23.4 Å². The maximum atomic E-state index is 13.6. The monoisotopic (exact) mass is 538 g/mol. The molecule has 202 valence electrons. The van der Waals surface area contributed by atoms with Crippen molar-refractivity contribution in [3.8, 4) is 11.8 Å². The molecule has 1 aromatic heterocycles. The van der Waals surface area contributed by atoms with E-state index in [0.717, 1.165) is 16.8 Å². The number of aliphatic hydroxyl groups excluding tert-OH is 1. The summed E-state index contributed by atoms with van der Waals surface area (Å²) in [5, 5.41) is 22.0. The normalized spacial score (nSPS) is 16.0. The number of benzene rings is 1. The summed E-state index contributed by atoms with van der Waals surface area (Å²) >= 11 is 0. The van der Waals surface area contributed by atoms with Crippen LogP contribution in [0.1, 0.15) is 39.8 Å². The minimum absolute atomic E-state index is 0.178.